The molecule has 0 saturated carbocycles. The van der Waals surface area contributed by atoms with Gasteiger partial charge < -0.3 is 9.64 Å². The lowest BCUT2D eigenvalue weighted by Gasteiger charge is -2.23. The third-order valence-corrected chi connectivity index (χ3v) is 3.37. The molecule has 2 nitrogen and oxygen atoms in total. The highest BCUT2D eigenvalue weighted by molar-refractivity contribution is 5.53. The number of methoxy groups -OCH3 is 1. The highest BCUT2D eigenvalue weighted by Crippen LogP contribution is 2.24. The number of ether oxygens (including phenoxy) is 1. The first-order chi connectivity index (χ1) is 10.8. The van der Waals surface area contributed by atoms with Crippen LogP contribution in [0, 0.1) is 0 Å². The fourth-order valence-corrected chi connectivity index (χ4v) is 2.26. The zero-order valence-electron chi connectivity index (χ0n) is 14.1. The van der Waals surface area contributed by atoms with E-state index in [1.54, 1.807) is 19.2 Å². The van der Waals surface area contributed by atoms with Crippen molar-refractivity contribution >= 4 is 5.69 Å². The molecule has 128 valence electrons. The lowest BCUT2D eigenvalue weighted by Crippen LogP contribution is -2.20. The molecule has 23 heavy (non-hydrogen) atoms. The molecule has 0 aliphatic heterocycles. The zero-order valence-corrected chi connectivity index (χ0v) is 14.1. The van der Waals surface area contributed by atoms with Crippen LogP contribution in [0.3, 0.4) is 0 Å². The second-order valence-electron chi connectivity index (χ2n) is 5.44. The summed E-state index contributed by atoms with van der Waals surface area (Å²) >= 11 is 0. The van der Waals surface area contributed by atoms with Gasteiger partial charge in [0.1, 0.15) is 0 Å². The van der Waals surface area contributed by atoms with E-state index in [1.807, 2.05) is 24.9 Å². The fourth-order valence-electron chi connectivity index (χ4n) is 2.26. The van der Waals surface area contributed by atoms with Gasteiger partial charge in [-0.15, -0.1) is 0 Å². The number of likely N-dealkylation sites (N-methyl/N-ethyl adjacent to an activating group) is 1. The van der Waals surface area contributed by atoms with Crippen molar-refractivity contribution in [3.05, 3.63) is 53.3 Å². The Morgan fingerprint density at radius 2 is 1.83 bits per heavy atom. The quantitative estimate of drug-likeness (QED) is 0.645. The highest BCUT2D eigenvalue weighted by Gasteiger charge is 2.27. The van der Waals surface area contributed by atoms with Crippen molar-refractivity contribution in [1.29, 1.82) is 0 Å². The highest BCUT2D eigenvalue weighted by atomic mass is 19.4. The molecule has 5 heteroatoms. The number of benzene rings is 1. The van der Waals surface area contributed by atoms with Gasteiger partial charge in [0.2, 0.25) is 0 Å². The Morgan fingerprint density at radius 1 is 1.22 bits per heavy atom. The summed E-state index contributed by atoms with van der Waals surface area (Å²) in [6.07, 6.45) is -0.0162. The van der Waals surface area contributed by atoms with Crippen LogP contribution >= 0.6 is 0 Å². The number of rotatable bonds is 7. The molecule has 1 aromatic carbocycles. The first kappa shape index (κ1) is 19.3. The van der Waals surface area contributed by atoms with Crippen LogP contribution in [0.15, 0.2) is 47.7 Å². The number of nitrogens with zero attached hydrogens (tertiary/aromatic N) is 1. The molecule has 0 aliphatic carbocycles. The predicted molar refractivity (Wildman–Crippen MR) is 88.6 cm³/mol. The first-order valence-corrected chi connectivity index (χ1v) is 7.52. The van der Waals surface area contributed by atoms with E-state index in [2.05, 4.69) is 13.0 Å². The van der Waals surface area contributed by atoms with E-state index in [0.717, 1.165) is 23.4 Å². The molecule has 0 radical (unpaired) electrons. The molecule has 0 aliphatic rings. The third kappa shape index (κ3) is 6.91. The number of hydrogen-bond acceptors (Lipinski definition) is 2. The molecule has 0 amide bonds. The Hall–Kier alpha value is -1.75. The van der Waals surface area contributed by atoms with Gasteiger partial charge in [-0.1, -0.05) is 30.7 Å². The number of halogens is 3. The van der Waals surface area contributed by atoms with Gasteiger partial charge in [-0.3, -0.25) is 0 Å². The first-order valence-electron chi connectivity index (χ1n) is 7.52. The molecule has 0 fully saturated rings. The molecular weight excluding hydrogens is 303 g/mol. The number of anilines is 1. The molecule has 0 spiro atoms. The van der Waals surface area contributed by atoms with Gasteiger partial charge in [0, 0.05) is 25.5 Å². The summed E-state index contributed by atoms with van der Waals surface area (Å²) in [7, 11) is 3.50. The van der Waals surface area contributed by atoms with Crippen molar-refractivity contribution in [2.24, 2.45) is 0 Å². The third-order valence-electron chi connectivity index (χ3n) is 3.37. The molecule has 0 unspecified atom stereocenters. The van der Waals surface area contributed by atoms with Crippen molar-refractivity contribution in [3.63, 3.8) is 0 Å². The van der Waals surface area contributed by atoms with E-state index in [9.17, 15) is 13.2 Å². The van der Waals surface area contributed by atoms with E-state index in [4.69, 9.17) is 4.74 Å². The molecule has 1 aromatic rings. The minimum absolute atomic E-state index is 0.258. The van der Waals surface area contributed by atoms with Crippen LogP contribution < -0.4 is 4.90 Å². The second-order valence-corrected chi connectivity index (χ2v) is 5.44. The SMILES string of the molecule is CC/C=C(C)\C=C(\COC)N(C)c1ccc(CC(F)(F)F)cc1. The van der Waals surface area contributed by atoms with E-state index >= 15 is 0 Å². The fraction of sp³-hybridized carbons (Fsp3) is 0.444. The lowest BCUT2D eigenvalue weighted by molar-refractivity contribution is -0.127. The Morgan fingerprint density at radius 3 is 2.30 bits per heavy atom. The summed E-state index contributed by atoms with van der Waals surface area (Å²) in [5.74, 6) is 0. The Kier molecular flexibility index (Phi) is 7.36. The van der Waals surface area contributed by atoms with Crippen molar-refractivity contribution in [1.82, 2.24) is 0 Å². The van der Waals surface area contributed by atoms with Crippen molar-refractivity contribution < 1.29 is 17.9 Å². The predicted octanol–water partition coefficient (Wildman–Crippen LogP) is 5.11. The smallest absolute Gasteiger partial charge is 0.378 e. The van der Waals surface area contributed by atoms with Crippen LogP contribution in [0.25, 0.3) is 0 Å². The second kappa shape index (κ2) is 8.77. The van der Waals surface area contributed by atoms with Crippen LogP contribution in [0.2, 0.25) is 0 Å². The molecule has 0 atom stereocenters. The summed E-state index contributed by atoms with van der Waals surface area (Å²) in [5, 5.41) is 0. The maximum Gasteiger partial charge on any atom is 0.393 e. The topological polar surface area (TPSA) is 12.5 Å². The van der Waals surface area contributed by atoms with Gasteiger partial charge in [0.05, 0.1) is 13.0 Å². The standard InChI is InChI=1S/C18H24F3NO/c1-5-6-14(2)11-17(13-23-4)22(3)16-9-7-15(8-10-16)12-18(19,20)21/h6-11H,5,12-13H2,1-4H3/b14-6-,17-11-. The van der Waals surface area contributed by atoms with E-state index in [-0.39, 0.29) is 5.56 Å². The van der Waals surface area contributed by atoms with Gasteiger partial charge in [0.15, 0.2) is 0 Å². The molecule has 0 saturated heterocycles. The van der Waals surface area contributed by atoms with Crippen molar-refractivity contribution in [2.75, 3.05) is 25.7 Å². The molecule has 0 bridgehead atoms. The summed E-state index contributed by atoms with van der Waals surface area (Å²) in [6.45, 7) is 4.51. The molecule has 0 heterocycles. The van der Waals surface area contributed by atoms with Gasteiger partial charge >= 0.3 is 6.18 Å². The lowest BCUT2D eigenvalue weighted by atomic mass is 10.1. The summed E-state index contributed by atoms with van der Waals surface area (Å²) in [6, 6.07) is 6.42. The molecular formula is C18H24F3NO. The van der Waals surface area contributed by atoms with Crippen LogP contribution in [-0.2, 0) is 11.2 Å². The van der Waals surface area contributed by atoms with Gasteiger partial charge in [0.25, 0.3) is 0 Å². The number of alkyl halides is 3. The maximum absolute atomic E-state index is 12.4. The summed E-state index contributed by atoms with van der Waals surface area (Å²) < 4.78 is 42.4. The summed E-state index contributed by atoms with van der Waals surface area (Å²) in [4.78, 5) is 1.92. The minimum Gasteiger partial charge on any atom is -0.378 e. The average molecular weight is 327 g/mol. The van der Waals surface area contributed by atoms with Crippen LogP contribution in [-0.4, -0.2) is 26.9 Å². The van der Waals surface area contributed by atoms with Crippen molar-refractivity contribution in [2.45, 2.75) is 32.9 Å². The van der Waals surface area contributed by atoms with Crippen LogP contribution in [0.5, 0.6) is 0 Å². The number of hydrogen-bond donors (Lipinski definition) is 0. The van der Waals surface area contributed by atoms with Gasteiger partial charge in [-0.2, -0.15) is 13.2 Å². The zero-order chi connectivity index (χ0) is 17.5. The Balaban J connectivity index is 2.96. The van der Waals surface area contributed by atoms with E-state index < -0.39 is 12.6 Å². The Labute approximate surface area is 136 Å². The van der Waals surface area contributed by atoms with E-state index in [1.165, 1.54) is 12.1 Å². The molecule has 1 rings (SSSR count). The largest absolute Gasteiger partial charge is 0.393 e. The monoisotopic (exact) mass is 327 g/mol. The maximum atomic E-state index is 12.4. The molecule has 0 aromatic heterocycles. The Bertz CT molecular complexity index is 544. The normalized spacial score (nSPS) is 13.3. The number of allylic oxidation sites excluding steroid dienone is 3. The minimum atomic E-state index is -4.18. The van der Waals surface area contributed by atoms with Crippen molar-refractivity contribution in [3.8, 4) is 0 Å². The van der Waals surface area contributed by atoms with Gasteiger partial charge in [-0.05, 0) is 37.1 Å². The summed E-state index contributed by atoms with van der Waals surface area (Å²) in [5.41, 5.74) is 3.15. The van der Waals surface area contributed by atoms with Gasteiger partial charge in [-0.25, -0.2) is 0 Å². The molecule has 0 N–H and O–H groups in total. The van der Waals surface area contributed by atoms with Crippen LogP contribution in [0.4, 0.5) is 18.9 Å². The average Bonchev–Trinajstić information content (AvgIpc) is 2.45. The van der Waals surface area contributed by atoms with E-state index in [0.29, 0.717) is 6.61 Å². The van der Waals surface area contributed by atoms with Crippen LogP contribution in [0.1, 0.15) is 25.8 Å².